The van der Waals surface area contributed by atoms with Gasteiger partial charge in [-0.15, -0.1) is 0 Å². The Bertz CT molecular complexity index is 1070. The van der Waals surface area contributed by atoms with Gasteiger partial charge < -0.3 is 13.8 Å². The summed E-state index contributed by atoms with van der Waals surface area (Å²) in [5.41, 5.74) is -0.317. The van der Waals surface area contributed by atoms with Gasteiger partial charge in [0.25, 0.3) is 5.56 Å². The van der Waals surface area contributed by atoms with Crippen LogP contribution in [0.15, 0.2) is 26.5 Å². The lowest BCUT2D eigenvalue weighted by Crippen LogP contribution is -2.40. The van der Waals surface area contributed by atoms with Crippen LogP contribution in [0, 0.1) is 6.92 Å². The van der Waals surface area contributed by atoms with E-state index in [1.165, 1.54) is 29.6 Å². The SMILES string of the molecule is COC(=O)[C@H](C)n1cnc2c1c(=O)n(Cc1cc(C)on1)c(=O)n2C. The molecule has 3 aromatic rings. The Labute approximate surface area is 141 Å². The van der Waals surface area contributed by atoms with Crippen molar-refractivity contribution in [3.05, 3.63) is 44.7 Å². The highest BCUT2D eigenvalue weighted by atomic mass is 16.5. The van der Waals surface area contributed by atoms with Crippen LogP contribution in [-0.2, 0) is 23.1 Å². The molecule has 3 heterocycles. The number of fused-ring (bicyclic) bond motifs is 1. The van der Waals surface area contributed by atoms with Crippen LogP contribution >= 0.6 is 0 Å². The van der Waals surface area contributed by atoms with Crippen LogP contribution in [0.5, 0.6) is 0 Å². The molecule has 0 spiro atoms. The van der Waals surface area contributed by atoms with E-state index in [0.717, 1.165) is 4.57 Å². The Morgan fingerprint density at radius 2 is 2.12 bits per heavy atom. The summed E-state index contributed by atoms with van der Waals surface area (Å²) >= 11 is 0. The summed E-state index contributed by atoms with van der Waals surface area (Å²) < 4.78 is 13.4. The number of rotatable bonds is 4. The molecule has 0 aliphatic carbocycles. The molecular weight excluding hydrogens is 330 g/mol. The number of aromatic nitrogens is 5. The number of hydrogen-bond acceptors (Lipinski definition) is 7. The quantitative estimate of drug-likeness (QED) is 0.609. The average molecular weight is 347 g/mol. The van der Waals surface area contributed by atoms with Gasteiger partial charge in [0.2, 0.25) is 0 Å². The summed E-state index contributed by atoms with van der Waals surface area (Å²) in [4.78, 5) is 41.3. The van der Waals surface area contributed by atoms with Crippen LogP contribution in [0.4, 0.5) is 0 Å². The summed E-state index contributed by atoms with van der Waals surface area (Å²) in [7, 11) is 2.77. The van der Waals surface area contributed by atoms with Crippen LogP contribution < -0.4 is 11.2 Å². The second kappa shape index (κ2) is 6.04. The Balaban J connectivity index is 2.23. The minimum atomic E-state index is -0.761. The van der Waals surface area contributed by atoms with Crippen LogP contribution in [0.25, 0.3) is 11.2 Å². The number of carbonyl (C=O) groups is 1. The standard InChI is InChI=1S/C15H17N5O5/c1-8-5-10(17-25-8)6-19-13(21)11-12(18(3)15(19)23)16-7-20(11)9(2)14(22)24-4/h5,7,9H,6H2,1-4H3/t9-/m0/s1. The van der Waals surface area contributed by atoms with Crippen molar-refractivity contribution in [1.29, 1.82) is 0 Å². The molecule has 0 bridgehead atoms. The zero-order valence-electron chi connectivity index (χ0n) is 14.2. The predicted molar refractivity (Wildman–Crippen MR) is 86.3 cm³/mol. The molecule has 0 saturated carbocycles. The summed E-state index contributed by atoms with van der Waals surface area (Å²) in [5, 5.41) is 3.81. The molecule has 1 atom stereocenters. The maximum absolute atomic E-state index is 12.9. The molecule has 3 aromatic heterocycles. The first-order valence-corrected chi connectivity index (χ1v) is 7.51. The molecule has 0 amide bonds. The summed E-state index contributed by atoms with van der Waals surface area (Å²) in [5.74, 6) is 0.0523. The minimum Gasteiger partial charge on any atom is -0.467 e. The van der Waals surface area contributed by atoms with E-state index in [2.05, 4.69) is 10.1 Å². The number of aryl methyl sites for hydroxylation is 2. The monoisotopic (exact) mass is 347 g/mol. The van der Waals surface area contributed by atoms with E-state index in [9.17, 15) is 14.4 Å². The number of ether oxygens (including phenoxy) is 1. The second-order valence-corrected chi connectivity index (χ2v) is 5.68. The third kappa shape index (κ3) is 2.65. The largest absolute Gasteiger partial charge is 0.467 e. The first-order valence-electron chi connectivity index (χ1n) is 7.51. The molecule has 3 rings (SSSR count). The molecule has 0 aromatic carbocycles. The number of imidazole rings is 1. The van der Waals surface area contributed by atoms with Crippen molar-refractivity contribution in [3.63, 3.8) is 0 Å². The Morgan fingerprint density at radius 3 is 2.72 bits per heavy atom. The summed E-state index contributed by atoms with van der Waals surface area (Å²) in [6, 6.07) is 0.882. The summed E-state index contributed by atoms with van der Waals surface area (Å²) in [6.45, 7) is 3.26. The fourth-order valence-electron chi connectivity index (χ4n) is 2.66. The van der Waals surface area contributed by atoms with E-state index in [1.807, 2.05) is 0 Å². The van der Waals surface area contributed by atoms with E-state index in [4.69, 9.17) is 9.26 Å². The lowest BCUT2D eigenvalue weighted by molar-refractivity contribution is -0.143. The van der Waals surface area contributed by atoms with Crippen molar-refractivity contribution in [2.45, 2.75) is 26.4 Å². The molecule has 132 valence electrons. The third-order valence-corrected chi connectivity index (χ3v) is 4.01. The molecule has 0 aliphatic heterocycles. The van der Waals surface area contributed by atoms with Crippen molar-refractivity contribution in [2.75, 3.05) is 7.11 Å². The first-order chi connectivity index (χ1) is 11.8. The van der Waals surface area contributed by atoms with Crippen molar-refractivity contribution in [3.8, 4) is 0 Å². The average Bonchev–Trinajstić information content (AvgIpc) is 3.21. The molecule has 25 heavy (non-hydrogen) atoms. The highest BCUT2D eigenvalue weighted by molar-refractivity contribution is 5.78. The molecule has 0 aliphatic rings. The van der Waals surface area contributed by atoms with Gasteiger partial charge in [0.1, 0.15) is 17.5 Å². The van der Waals surface area contributed by atoms with Crippen LogP contribution in [-0.4, -0.2) is 36.9 Å². The molecule has 0 saturated heterocycles. The number of methoxy groups -OCH3 is 1. The highest BCUT2D eigenvalue weighted by Crippen LogP contribution is 2.14. The van der Waals surface area contributed by atoms with E-state index < -0.39 is 23.3 Å². The minimum absolute atomic E-state index is 0.0451. The number of carbonyl (C=O) groups excluding carboxylic acids is 1. The van der Waals surface area contributed by atoms with Gasteiger partial charge in [0, 0.05) is 13.1 Å². The van der Waals surface area contributed by atoms with Gasteiger partial charge in [-0.25, -0.2) is 14.6 Å². The van der Waals surface area contributed by atoms with Gasteiger partial charge in [0.05, 0.1) is 20.0 Å². The van der Waals surface area contributed by atoms with Gasteiger partial charge in [-0.3, -0.25) is 13.9 Å². The van der Waals surface area contributed by atoms with E-state index >= 15 is 0 Å². The van der Waals surface area contributed by atoms with Gasteiger partial charge >= 0.3 is 11.7 Å². The van der Waals surface area contributed by atoms with E-state index in [1.54, 1.807) is 19.9 Å². The van der Waals surface area contributed by atoms with Crippen molar-refractivity contribution >= 4 is 17.1 Å². The van der Waals surface area contributed by atoms with Crippen molar-refractivity contribution < 1.29 is 14.1 Å². The van der Waals surface area contributed by atoms with Gasteiger partial charge in [-0.2, -0.15) is 0 Å². The van der Waals surface area contributed by atoms with Crippen LogP contribution in [0.3, 0.4) is 0 Å². The number of esters is 1. The lowest BCUT2D eigenvalue weighted by Gasteiger charge is -2.12. The number of hydrogen-bond donors (Lipinski definition) is 0. The maximum Gasteiger partial charge on any atom is 0.332 e. The van der Waals surface area contributed by atoms with Crippen LogP contribution in [0.1, 0.15) is 24.4 Å². The topological polar surface area (TPSA) is 114 Å². The van der Waals surface area contributed by atoms with Crippen LogP contribution in [0.2, 0.25) is 0 Å². The molecular formula is C15H17N5O5. The highest BCUT2D eigenvalue weighted by Gasteiger charge is 2.23. The molecule has 0 radical (unpaired) electrons. The smallest absolute Gasteiger partial charge is 0.332 e. The van der Waals surface area contributed by atoms with E-state index in [0.29, 0.717) is 11.5 Å². The first kappa shape index (κ1) is 16.7. The molecule has 0 unspecified atom stereocenters. The lowest BCUT2D eigenvalue weighted by atomic mass is 10.3. The molecule has 10 nitrogen and oxygen atoms in total. The van der Waals surface area contributed by atoms with E-state index in [-0.39, 0.29) is 17.7 Å². The molecule has 0 N–H and O–H groups in total. The molecule has 10 heteroatoms. The maximum atomic E-state index is 12.9. The predicted octanol–water partition coefficient (Wildman–Crippen LogP) is -0.0246. The zero-order valence-corrected chi connectivity index (χ0v) is 14.2. The van der Waals surface area contributed by atoms with Crippen molar-refractivity contribution in [1.82, 2.24) is 23.8 Å². The van der Waals surface area contributed by atoms with Gasteiger partial charge in [-0.05, 0) is 13.8 Å². The zero-order chi connectivity index (χ0) is 18.3. The Morgan fingerprint density at radius 1 is 1.40 bits per heavy atom. The van der Waals surface area contributed by atoms with Gasteiger partial charge in [-0.1, -0.05) is 5.16 Å². The Kier molecular flexibility index (Phi) is 4.03. The summed E-state index contributed by atoms with van der Waals surface area (Å²) in [6.07, 6.45) is 1.34. The second-order valence-electron chi connectivity index (χ2n) is 5.68. The fraction of sp³-hybridized carbons (Fsp3) is 0.400. The fourth-order valence-corrected chi connectivity index (χ4v) is 2.66. The Hall–Kier alpha value is -3.17. The number of nitrogens with zero attached hydrogens (tertiary/aromatic N) is 5. The molecule has 0 fully saturated rings. The van der Waals surface area contributed by atoms with Gasteiger partial charge in [0.15, 0.2) is 11.2 Å². The third-order valence-electron chi connectivity index (χ3n) is 4.01. The normalized spacial score (nSPS) is 12.5. The van der Waals surface area contributed by atoms with Crippen molar-refractivity contribution in [2.24, 2.45) is 7.05 Å².